The fourth-order valence-corrected chi connectivity index (χ4v) is 2.12. The molecular formula is C14H12ClF3N2O2. The molecule has 0 fully saturated rings. The third-order valence-electron chi connectivity index (χ3n) is 2.97. The first-order valence-corrected chi connectivity index (χ1v) is 6.57. The Hall–Kier alpha value is -1.99. The fourth-order valence-electron chi connectivity index (χ4n) is 1.90. The molecule has 1 amide bonds. The van der Waals surface area contributed by atoms with Crippen LogP contribution in [0.15, 0.2) is 34.7 Å². The first-order chi connectivity index (χ1) is 10.2. The molecule has 4 nitrogen and oxygen atoms in total. The molecule has 1 aromatic carbocycles. The van der Waals surface area contributed by atoms with Gasteiger partial charge in [0.2, 0.25) is 5.91 Å². The molecule has 1 atom stereocenters. The summed E-state index contributed by atoms with van der Waals surface area (Å²) in [6.45, 7) is 0. The predicted molar refractivity (Wildman–Crippen MR) is 74.9 cm³/mol. The van der Waals surface area contributed by atoms with Crippen molar-refractivity contribution in [1.82, 2.24) is 0 Å². The van der Waals surface area contributed by atoms with Crippen molar-refractivity contribution in [3.8, 4) is 11.3 Å². The third kappa shape index (κ3) is 3.61. The third-order valence-corrected chi connectivity index (χ3v) is 3.30. The number of furan rings is 1. The van der Waals surface area contributed by atoms with Gasteiger partial charge in [0, 0.05) is 12.0 Å². The van der Waals surface area contributed by atoms with E-state index in [1.807, 2.05) is 0 Å². The Balaban J connectivity index is 2.37. The Morgan fingerprint density at radius 1 is 1.27 bits per heavy atom. The summed E-state index contributed by atoms with van der Waals surface area (Å²) in [7, 11) is 0. The van der Waals surface area contributed by atoms with Gasteiger partial charge >= 0.3 is 6.18 Å². The number of amides is 1. The van der Waals surface area contributed by atoms with Gasteiger partial charge in [0.05, 0.1) is 16.6 Å². The molecular weight excluding hydrogens is 321 g/mol. The van der Waals surface area contributed by atoms with Gasteiger partial charge in [-0.1, -0.05) is 11.6 Å². The summed E-state index contributed by atoms with van der Waals surface area (Å²) in [4.78, 5) is 10.8. The highest BCUT2D eigenvalue weighted by molar-refractivity contribution is 6.33. The Morgan fingerprint density at radius 2 is 1.95 bits per heavy atom. The lowest BCUT2D eigenvalue weighted by molar-refractivity contribution is -0.137. The molecule has 118 valence electrons. The summed E-state index contributed by atoms with van der Waals surface area (Å²) in [5.41, 5.74) is 10.0. The zero-order chi connectivity index (χ0) is 16.5. The Kier molecular flexibility index (Phi) is 4.48. The van der Waals surface area contributed by atoms with Gasteiger partial charge in [0.15, 0.2) is 0 Å². The molecule has 1 aromatic heterocycles. The van der Waals surface area contributed by atoms with E-state index in [1.165, 1.54) is 12.1 Å². The number of carbonyl (C=O) groups excluding carboxylic acids is 1. The highest BCUT2D eigenvalue weighted by atomic mass is 35.5. The predicted octanol–water partition coefficient (Wildman–Crippen LogP) is 3.49. The molecule has 2 aromatic rings. The van der Waals surface area contributed by atoms with Crippen LogP contribution >= 0.6 is 11.6 Å². The van der Waals surface area contributed by atoms with Crippen molar-refractivity contribution in [2.45, 2.75) is 18.6 Å². The molecule has 4 N–H and O–H groups in total. The molecule has 0 bridgehead atoms. The van der Waals surface area contributed by atoms with Crippen molar-refractivity contribution in [1.29, 1.82) is 0 Å². The number of primary amides is 1. The number of nitrogens with two attached hydrogens (primary N) is 2. The van der Waals surface area contributed by atoms with Gasteiger partial charge in [0.1, 0.15) is 11.5 Å². The maximum Gasteiger partial charge on any atom is 0.416 e. The molecule has 0 aliphatic rings. The van der Waals surface area contributed by atoms with Crippen LogP contribution in [0.25, 0.3) is 11.3 Å². The maximum atomic E-state index is 12.7. The summed E-state index contributed by atoms with van der Waals surface area (Å²) in [6, 6.07) is 5.07. The number of benzene rings is 1. The van der Waals surface area contributed by atoms with Gasteiger partial charge in [0.25, 0.3) is 0 Å². The molecule has 0 spiro atoms. The minimum Gasteiger partial charge on any atom is -0.459 e. The number of halogens is 4. The van der Waals surface area contributed by atoms with E-state index in [2.05, 4.69) is 0 Å². The summed E-state index contributed by atoms with van der Waals surface area (Å²) in [5.74, 6) is -0.240. The molecule has 0 unspecified atom stereocenters. The minimum atomic E-state index is -4.49. The van der Waals surface area contributed by atoms with Gasteiger partial charge in [-0.3, -0.25) is 4.79 Å². The smallest absolute Gasteiger partial charge is 0.416 e. The van der Waals surface area contributed by atoms with E-state index >= 15 is 0 Å². The van der Waals surface area contributed by atoms with E-state index in [-0.39, 0.29) is 28.5 Å². The summed E-state index contributed by atoms with van der Waals surface area (Å²) in [6.07, 6.45) is -4.62. The van der Waals surface area contributed by atoms with Gasteiger partial charge < -0.3 is 15.9 Å². The number of hydrogen-bond acceptors (Lipinski definition) is 3. The van der Waals surface area contributed by atoms with E-state index in [4.69, 9.17) is 27.5 Å². The quantitative estimate of drug-likeness (QED) is 0.899. The molecule has 0 aliphatic carbocycles. The van der Waals surface area contributed by atoms with Crippen molar-refractivity contribution in [3.05, 3.63) is 46.7 Å². The van der Waals surface area contributed by atoms with E-state index in [9.17, 15) is 18.0 Å². The fraction of sp³-hybridized carbons (Fsp3) is 0.214. The second-order valence-electron chi connectivity index (χ2n) is 4.67. The summed E-state index contributed by atoms with van der Waals surface area (Å²) in [5, 5.41) is 0.109. The zero-order valence-corrected chi connectivity index (χ0v) is 11.9. The van der Waals surface area contributed by atoms with E-state index in [0.717, 1.165) is 18.2 Å². The van der Waals surface area contributed by atoms with Gasteiger partial charge in [-0.05, 0) is 30.3 Å². The van der Waals surface area contributed by atoms with Gasteiger partial charge in [-0.25, -0.2) is 0 Å². The molecule has 0 radical (unpaired) electrons. The summed E-state index contributed by atoms with van der Waals surface area (Å²) >= 11 is 5.92. The second-order valence-corrected chi connectivity index (χ2v) is 5.08. The molecule has 0 saturated carbocycles. The van der Waals surface area contributed by atoms with Crippen LogP contribution in [0.5, 0.6) is 0 Å². The van der Waals surface area contributed by atoms with Crippen LogP contribution in [0, 0.1) is 0 Å². The van der Waals surface area contributed by atoms with Gasteiger partial charge in [-0.2, -0.15) is 13.2 Å². The molecule has 8 heteroatoms. The average Bonchev–Trinajstić information content (AvgIpc) is 2.86. The highest BCUT2D eigenvalue weighted by Gasteiger charge is 2.31. The number of rotatable bonds is 4. The van der Waals surface area contributed by atoms with E-state index < -0.39 is 23.7 Å². The Labute approximate surface area is 128 Å². The normalized spacial score (nSPS) is 13.1. The van der Waals surface area contributed by atoms with Crippen LogP contribution in [0.1, 0.15) is 23.8 Å². The lowest BCUT2D eigenvalue weighted by Crippen LogP contribution is -2.20. The number of alkyl halides is 3. The molecule has 0 aliphatic heterocycles. The Morgan fingerprint density at radius 3 is 2.55 bits per heavy atom. The van der Waals surface area contributed by atoms with E-state index in [1.54, 1.807) is 0 Å². The molecule has 0 saturated heterocycles. The lowest BCUT2D eigenvalue weighted by atomic mass is 10.1. The average molecular weight is 333 g/mol. The van der Waals surface area contributed by atoms with Gasteiger partial charge in [-0.15, -0.1) is 0 Å². The minimum absolute atomic E-state index is 0.0917. The van der Waals surface area contributed by atoms with Crippen LogP contribution in [0.2, 0.25) is 5.02 Å². The summed E-state index contributed by atoms with van der Waals surface area (Å²) < 4.78 is 43.6. The molecule has 1 heterocycles. The number of hydrogen-bond donors (Lipinski definition) is 2. The van der Waals surface area contributed by atoms with Crippen LogP contribution in [-0.4, -0.2) is 5.91 Å². The first kappa shape index (κ1) is 16.4. The van der Waals surface area contributed by atoms with Crippen molar-refractivity contribution in [2.75, 3.05) is 0 Å². The van der Waals surface area contributed by atoms with Crippen LogP contribution in [0.3, 0.4) is 0 Å². The van der Waals surface area contributed by atoms with Crippen LogP contribution in [0.4, 0.5) is 13.2 Å². The molecule has 2 rings (SSSR count). The Bertz CT molecular complexity index is 698. The van der Waals surface area contributed by atoms with Crippen molar-refractivity contribution in [2.24, 2.45) is 11.5 Å². The van der Waals surface area contributed by atoms with Crippen molar-refractivity contribution in [3.63, 3.8) is 0 Å². The SMILES string of the molecule is NC(=O)C[C@H](N)c1ccc(-c2cc(C(F)(F)F)ccc2Cl)o1. The largest absolute Gasteiger partial charge is 0.459 e. The second kappa shape index (κ2) is 6.02. The van der Waals surface area contributed by atoms with Crippen molar-refractivity contribution < 1.29 is 22.4 Å². The lowest BCUT2D eigenvalue weighted by Gasteiger charge is -2.09. The number of carbonyl (C=O) groups is 1. The van der Waals surface area contributed by atoms with Crippen molar-refractivity contribution >= 4 is 17.5 Å². The highest BCUT2D eigenvalue weighted by Crippen LogP contribution is 2.37. The maximum absolute atomic E-state index is 12.7. The van der Waals surface area contributed by atoms with Crippen LogP contribution < -0.4 is 11.5 Å². The van der Waals surface area contributed by atoms with E-state index in [0.29, 0.717) is 0 Å². The van der Waals surface area contributed by atoms with Crippen LogP contribution in [-0.2, 0) is 11.0 Å². The monoisotopic (exact) mass is 332 g/mol. The topological polar surface area (TPSA) is 82.2 Å². The molecule has 22 heavy (non-hydrogen) atoms. The first-order valence-electron chi connectivity index (χ1n) is 6.19. The zero-order valence-electron chi connectivity index (χ0n) is 11.2. The standard InChI is InChI=1S/C14H12ClF3N2O2/c15-9-2-1-7(14(16,17)18)5-8(9)11-3-4-12(22-11)10(19)6-13(20)21/h1-5,10H,6,19H2,(H2,20,21)/t10-/m0/s1.